The first-order valence-corrected chi connectivity index (χ1v) is 48.5. The van der Waals surface area contributed by atoms with E-state index >= 15 is 28.8 Å². The predicted octanol–water partition coefficient (Wildman–Crippen LogP) is 27.6. The Kier molecular flexibility index (Phi) is 47.5. The number of rotatable bonds is 66. The minimum absolute atomic E-state index is 0.173. The van der Waals surface area contributed by atoms with Crippen LogP contribution in [-0.4, -0.2) is 85.7 Å². The second kappa shape index (κ2) is 57.1. The van der Waals surface area contributed by atoms with E-state index in [-0.39, 0.29) is 33.4 Å². The summed E-state index contributed by atoms with van der Waals surface area (Å²) < 4.78 is 21.1. The Morgan fingerprint density at radius 2 is 0.375 bits per heavy atom. The van der Waals surface area contributed by atoms with Crippen molar-refractivity contribution in [3.63, 3.8) is 0 Å². The van der Waals surface area contributed by atoms with Gasteiger partial charge in [0, 0.05) is 16.7 Å². The number of benzene rings is 6. The Labute approximate surface area is 725 Å². The van der Waals surface area contributed by atoms with Gasteiger partial charge >= 0.3 is 17.9 Å². The van der Waals surface area contributed by atoms with E-state index in [0.717, 1.165) is 213 Å². The van der Waals surface area contributed by atoms with E-state index in [9.17, 15) is 15.3 Å². The van der Waals surface area contributed by atoms with Crippen molar-refractivity contribution in [3.8, 4) is 0 Å². The SMILES string of the molecule is CCCCCCCCCCc1ccc(C(=O)O[C@@]2(C(=O)c3ccc(CCCCCCCCCC)cc3)[C@@](OC(=O)c3ccc(CCCCCCCCCC)cc3)(C(=O)c3ccc(CCCCCCCCCC)cc3)[C@@H](O)[C@H](O)[C@@H](O)[C@@]2(OC(=O)c2ccc(CCCCCCCCCC)cc2)C(=O)c2ccc(CCCCCCCCCC)cc2)cc1. The fourth-order valence-corrected chi connectivity index (χ4v) is 17.7. The van der Waals surface area contributed by atoms with Crippen molar-refractivity contribution in [2.45, 2.75) is 423 Å². The van der Waals surface area contributed by atoms with Gasteiger partial charge in [-0.25, -0.2) is 14.4 Å². The van der Waals surface area contributed by atoms with Crippen LogP contribution in [0.1, 0.15) is 445 Å². The fraction of sp³-hybridized carbons (Fsp3) is 0.611. The molecule has 0 aromatic heterocycles. The molecule has 0 amide bonds. The number of ether oxygens (including phenoxy) is 3. The highest BCUT2D eigenvalue weighted by Gasteiger charge is 2.88. The molecule has 6 aromatic carbocycles. The summed E-state index contributed by atoms with van der Waals surface area (Å²) in [5.41, 5.74) is -8.00. The van der Waals surface area contributed by atoms with E-state index in [4.69, 9.17) is 14.2 Å². The van der Waals surface area contributed by atoms with Crippen LogP contribution in [-0.2, 0) is 52.7 Å². The van der Waals surface area contributed by atoms with Crippen LogP contribution in [0.25, 0.3) is 0 Å². The monoisotopic (exact) mass is 1650 g/mol. The average molecular weight is 1650 g/mol. The zero-order valence-corrected chi connectivity index (χ0v) is 75.3. The molecule has 1 saturated carbocycles. The van der Waals surface area contributed by atoms with Crippen molar-refractivity contribution in [2.24, 2.45) is 0 Å². The van der Waals surface area contributed by atoms with Gasteiger partial charge in [0.15, 0.2) is 0 Å². The maximum atomic E-state index is 18.1. The standard InChI is InChI=1S/C108H156O12/c1-7-13-19-25-31-37-43-49-55-85-61-73-91(74-62-85)98(110)106(118-103(115)94-79-67-88(68-80-94)58-52-46-40-34-28-22-16-10-4)101(113)97(109)102(114)107(99(111)92-75-63-86(64-76-92)56-50-44-38-32-26-20-14-8-2,119-104(116)95-81-69-89(70-82-95)59-53-47-41-35-29-23-17-11-5)108(106,100(112)93-77-65-87(66-78-93)57-51-45-39-33-27-21-15-9-3)120-105(117)96-83-71-90(72-84-96)60-54-48-42-36-30-24-18-12-6/h61-84,97,101-102,109,113-114H,7-60H2,1-6H3/t97-,101-,102+,106+,107-,108-. The minimum atomic E-state index is -4.03. The summed E-state index contributed by atoms with van der Waals surface area (Å²) in [5.74, 6) is -8.28. The molecule has 0 aliphatic heterocycles. The highest BCUT2D eigenvalue weighted by Crippen LogP contribution is 2.56. The molecule has 120 heavy (non-hydrogen) atoms. The maximum Gasteiger partial charge on any atom is 0.339 e. The van der Waals surface area contributed by atoms with Crippen LogP contribution in [0.5, 0.6) is 0 Å². The van der Waals surface area contributed by atoms with E-state index in [1.165, 1.54) is 201 Å². The summed E-state index contributed by atoms with van der Waals surface area (Å²) in [5, 5.41) is 41.5. The number of aliphatic hydroxyl groups is 3. The predicted molar refractivity (Wildman–Crippen MR) is 492 cm³/mol. The molecule has 3 N–H and O–H groups in total. The molecule has 0 bridgehead atoms. The van der Waals surface area contributed by atoms with Crippen LogP contribution < -0.4 is 0 Å². The van der Waals surface area contributed by atoms with Crippen molar-refractivity contribution in [3.05, 3.63) is 212 Å². The third kappa shape index (κ3) is 30.8. The smallest absolute Gasteiger partial charge is 0.339 e. The van der Waals surface area contributed by atoms with E-state index in [1.54, 1.807) is 72.8 Å². The van der Waals surface area contributed by atoms with Gasteiger partial charge in [0.1, 0.15) is 18.3 Å². The Morgan fingerprint density at radius 1 is 0.217 bits per heavy atom. The molecular weight excluding hydrogens is 1490 g/mol. The Hall–Kier alpha value is -7.38. The molecule has 0 heterocycles. The molecular formula is C108H156O12. The summed E-state index contributed by atoms with van der Waals surface area (Å²) in [7, 11) is 0. The summed E-state index contributed by atoms with van der Waals surface area (Å²) in [6.07, 6.45) is 48.0. The van der Waals surface area contributed by atoms with Crippen molar-refractivity contribution < 1.29 is 58.3 Å². The number of Topliss-reactive ketones (excluding diaryl/α,β-unsaturated/α-hetero) is 3. The van der Waals surface area contributed by atoms with Gasteiger partial charge in [0.2, 0.25) is 17.3 Å². The lowest BCUT2D eigenvalue weighted by Crippen LogP contribution is -2.91. The summed E-state index contributed by atoms with van der Waals surface area (Å²) in [6, 6.07) is 38.9. The summed E-state index contributed by atoms with van der Waals surface area (Å²) in [6.45, 7) is 13.2. The van der Waals surface area contributed by atoms with Gasteiger partial charge in [-0.3, -0.25) is 14.4 Å². The molecule has 12 nitrogen and oxygen atoms in total. The lowest BCUT2D eigenvalue weighted by molar-refractivity contribution is -0.293. The number of ketones is 3. The van der Waals surface area contributed by atoms with Crippen LogP contribution in [0.2, 0.25) is 0 Å². The van der Waals surface area contributed by atoms with Crippen molar-refractivity contribution in [1.29, 1.82) is 0 Å². The largest absolute Gasteiger partial charge is 0.439 e. The number of esters is 3. The fourth-order valence-electron chi connectivity index (χ4n) is 17.7. The highest BCUT2D eigenvalue weighted by atomic mass is 16.7. The first kappa shape index (κ1) is 99.7. The lowest BCUT2D eigenvalue weighted by Gasteiger charge is -2.60. The van der Waals surface area contributed by atoms with Crippen LogP contribution in [0.3, 0.4) is 0 Å². The number of hydrogen-bond acceptors (Lipinski definition) is 12. The second-order valence-corrected chi connectivity index (χ2v) is 35.2. The number of aryl methyl sites for hydroxylation is 6. The Morgan fingerprint density at radius 3 is 0.567 bits per heavy atom. The van der Waals surface area contributed by atoms with E-state index in [2.05, 4.69) is 41.5 Å². The van der Waals surface area contributed by atoms with Crippen molar-refractivity contribution in [2.75, 3.05) is 0 Å². The number of carbonyl (C=O) groups is 6. The molecule has 0 unspecified atom stereocenters. The molecule has 7 rings (SSSR count). The van der Waals surface area contributed by atoms with E-state index in [0.29, 0.717) is 38.5 Å². The zero-order chi connectivity index (χ0) is 85.9. The number of aliphatic hydroxyl groups excluding tert-OH is 3. The topological polar surface area (TPSA) is 191 Å². The first-order chi connectivity index (χ1) is 58.6. The normalized spacial score (nSPS) is 17.7. The highest BCUT2D eigenvalue weighted by molar-refractivity contribution is 6.21. The van der Waals surface area contributed by atoms with Crippen molar-refractivity contribution >= 4 is 35.3 Å². The van der Waals surface area contributed by atoms with Crippen LogP contribution in [0.15, 0.2) is 146 Å². The molecule has 1 fully saturated rings. The maximum absolute atomic E-state index is 18.1. The van der Waals surface area contributed by atoms with Crippen LogP contribution in [0.4, 0.5) is 0 Å². The average Bonchev–Trinajstić information content (AvgIpc) is 0.657. The van der Waals surface area contributed by atoms with Gasteiger partial charge in [-0.2, -0.15) is 0 Å². The van der Waals surface area contributed by atoms with Gasteiger partial charge in [0.25, 0.3) is 16.8 Å². The molecule has 660 valence electrons. The molecule has 1 aliphatic carbocycles. The summed E-state index contributed by atoms with van der Waals surface area (Å²) in [4.78, 5) is 103. The molecule has 12 heteroatoms. The third-order valence-electron chi connectivity index (χ3n) is 25.4. The van der Waals surface area contributed by atoms with Gasteiger partial charge in [-0.1, -0.05) is 420 Å². The number of carbonyl (C=O) groups excluding carboxylic acids is 6. The third-order valence-corrected chi connectivity index (χ3v) is 25.4. The van der Waals surface area contributed by atoms with Crippen molar-refractivity contribution in [1.82, 2.24) is 0 Å². The van der Waals surface area contributed by atoms with E-state index in [1.807, 2.05) is 0 Å². The molecule has 6 aromatic rings. The molecule has 6 atom stereocenters. The minimum Gasteiger partial charge on any atom is -0.439 e. The molecule has 0 spiro atoms. The van der Waals surface area contributed by atoms with E-state index < -0.39 is 70.4 Å². The van der Waals surface area contributed by atoms with Gasteiger partial charge in [0.05, 0.1) is 16.7 Å². The Bertz CT molecular complexity index is 3650. The van der Waals surface area contributed by atoms with Gasteiger partial charge < -0.3 is 29.5 Å². The van der Waals surface area contributed by atoms with Crippen LogP contribution >= 0.6 is 0 Å². The molecule has 0 saturated heterocycles. The number of unbranched alkanes of at least 4 members (excludes halogenated alkanes) is 42. The van der Waals surface area contributed by atoms with Gasteiger partial charge in [-0.15, -0.1) is 0 Å². The Balaban J connectivity index is 1.51. The zero-order valence-electron chi connectivity index (χ0n) is 75.3. The van der Waals surface area contributed by atoms with Gasteiger partial charge in [-0.05, 0) is 147 Å². The first-order valence-electron chi connectivity index (χ1n) is 48.5. The second-order valence-electron chi connectivity index (χ2n) is 35.2. The lowest BCUT2D eigenvalue weighted by atomic mass is 9.52. The molecule has 0 radical (unpaired) electrons. The molecule has 1 aliphatic rings. The number of hydrogen-bond donors (Lipinski definition) is 3. The van der Waals surface area contributed by atoms with Crippen LogP contribution in [0, 0.1) is 0 Å². The summed E-state index contributed by atoms with van der Waals surface area (Å²) >= 11 is 0. The quantitative estimate of drug-likeness (QED) is 0.0142.